The van der Waals surface area contributed by atoms with E-state index in [-0.39, 0.29) is 5.75 Å². The number of halogens is 1. The highest BCUT2D eigenvalue weighted by molar-refractivity contribution is 9.10. The molecule has 17 heavy (non-hydrogen) atoms. The van der Waals surface area contributed by atoms with Crippen LogP contribution in [0, 0.1) is 0 Å². The van der Waals surface area contributed by atoms with Crippen molar-refractivity contribution in [2.75, 3.05) is 16.6 Å². The number of benzene rings is 1. The Morgan fingerprint density at radius 2 is 2.12 bits per heavy atom. The van der Waals surface area contributed by atoms with Crippen molar-refractivity contribution in [1.82, 2.24) is 0 Å². The van der Waals surface area contributed by atoms with Crippen molar-refractivity contribution >= 4 is 31.6 Å². The lowest BCUT2D eigenvalue weighted by Gasteiger charge is -2.30. The van der Waals surface area contributed by atoms with E-state index in [0.717, 1.165) is 35.0 Å². The molecule has 1 aliphatic rings. The van der Waals surface area contributed by atoms with Gasteiger partial charge in [-0.2, -0.15) is 0 Å². The molecule has 1 fully saturated rings. The van der Waals surface area contributed by atoms with Gasteiger partial charge >= 0.3 is 0 Å². The van der Waals surface area contributed by atoms with Crippen molar-refractivity contribution in [2.45, 2.75) is 26.2 Å². The van der Waals surface area contributed by atoms with Gasteiger partial charge in [-0.3, -0.25) is 4.31 Å². The van der Waals surface area contributed by atoms with E-state index in [2.05, 4.69) is 15.9 Å². The smallest absolute Gasteiger partial charge is 0.235 e. The number of aryl methyl sites for hydroxylation is 1. The lowest BCUT2D eigenvalue weighted by atomic mass is 10.1. The molecule has 2 rings (SSSR count). The molecule has 0 N–H and O–H groups in total. The van der Waals surface area contributed by atoms with Crippen LogP contribution in [0.1, 0.15) is 25.3 Å². The van der Waals surface area contributed by atoms with Crippen molar-refractivity contribution in [2.24, 2.45) is 0 Å². The fourth-order valence-corrected chi connectivity index (χ4v) is 4.22. The molecule has 0 amide bonds. The summed E-state index contributed by atoms with van der Waals surface area (Å²) in [5.74, 6) is 0.270. The van der Waals surface area contributed by atoms with E-state index in [4.69, 9.17) is 0 Å². The van der Waals surface area contributed by atoms with Gasteiger partial charge in [0.2, 0.25) is 10.0 Å². The fourth-order valence-electron chi connectivity index (χ4n) is 2.14. The van der Waals surface area contributed by atoms with Crippen LogP contribution in [0.5, 0.6) is 0 Å². The van der Waals surface area contributed by atoms with Crippen LogP contribution in [0.2, 0.25) is 0 Å². The second-order valence-electron chi connectivity index (χ2n) is 4.22. The third-order valence-corrected chi connectivity index (χ3v) is 5.39. The minimum absolute atomic E-state index is 0.270. The largest absolute Gasteiger partial charge is 0.270 e. The maximum atomic E-state index is 12.0. The van der Waals surface area contributed by atoms with E-state index in [0.29, 0.717) is 6.54 Å². The number of anilines is 1. The topological polar surface area (TPSA) is 37.4 Å². The minimum Gasteiger partial charge on any atom is -0.270 e. The molecular formula is C12H16BrNO2S. The number of sulfonamides is 1. The van der Waals surface area contributed by atoms with Crippen LogP contribution >= 0.6 is 15.9 Å². The van der Waals surface area contributed by atoms with Crippen molar-refractivity contribution < 1.29 is 8.42 Å². The zero-order chi connectivity index (χ0) is 12.5. The second-order valence-corrected chi connectivity index (χ2v) is 7.15. The highest BCUT2D eigenvalue weighted by atomic mass is 79.9. The van der Waals surface area contributed by atoms with Gasteiger partial charge < -0.3 is 0 Å². The molecule has 1 heterocycles. The molecule has 1 aliphatic heterocycles. The quantitative estimate of drug-likeness (QED) is 0.841. The Morgan fingerprint density at radius 3 is 2.76 bits per heavy atom. The second kappa shape index (κ2) is 4.98. The Labute approximate surface area is 111 Å². The summed E-state index contributed by atoms with van der Waals surface area (Å²) < 4.78 is 26.7. The van der Waals surface area contributed by atoms with E-state index < -0.39 is 10.0 Å². The van der Waals surface area contributed by atoms with Gasteiger partial charge in [-0.25, -0.2) is 8.42 Å². The first-order valence-corrected chi connectivity index (χ1v) is 8.23. The van der Waals surface area contributed by atoms with Crippen LogP contribution in [0.15, 0.2) is 22.7 Å². The SMILES string of the molecule is CCc1cc(Br)ccc1N1CCCCS1(=O)=O. The van der Waals surface area contributed by atoms with Crippen molar-refractivity contribution in [1.29, 1.82) is 0 Å². The number of rotatable bonds is 2. The van der Waals surface area contributed by atoms with Crippen molar-refractivity contribution in [3.05, 3.63) is 28.2 Å². The normalized spacial score (nSPS) is 19.3. The summed E-state index contributed by atoms with van der Waals surface area (Å²) >= 11 is 3.42. The van der Waals surface area contributed by atoms with Crippen molar-refractivity contribution in [3.8, 4) is 0 Å². The average Bonchev–Trinajstić information content (AvgIpc) is 2.29. The zero-order valence-corrected chi connectivity index (χ0v) is 12.2. The minimum atomic E-state index is -3.10. The maximum absolute atomic E-state index is 12.0. The van der Waals surface area contributed by atoms with E-state index in [1.807, 2.05) is 25.1 Å². The van der Waals surface area contributed by atoms with Crippen LogP contribution in [0.25, 0.3) is 0 Å². The monoisotopic (exact) mass is 317 g/mol. The number of nitrogens with zero attached hydrogens (tertiary/aromatic N) is 1. The standard InChI is InChI=1S/C12H16BrNO2S/c1-2-10-9-11(13)5-6-12(10)14-7-3-4-8-17(14,15)16/h5-6,9H,2-4,7-8H2,1H3. The average molecular weight is 318 g/mol. The highest BCUT2D eigenvalue weighted by Gasteiger charge is 2.27. The Balaban J connectivity index is 2.45. The van der Waals surface area contributed by atoms with E-state index in [1.165, 1.54) is 0 Å². The van der Waals surface area contributed by atoms with Gasteiger partial charge in [0.1, 0.15) is 0 Å². The van der Waals surface area contributed by atoms with Gasteiger partial charge in [0.05, 0.1) is 11.4 Å². The van der Waals surface area contributed by atoms with Gasteiger partial charge in [-0.05, 0) is 43.0 Å². The molecule has 0 spiro atoms. The molecule has 0 radical (unpaired) electrons. The number of hydrogen-bond donors (Lipinski definition) is 0. The molecule has 5 heteroatoms. The van der Waals surface area contributed by atoms with Gasteiger partial charge in [-0.15, -0.1) is 0 Å². The summed E-state index contributed by atoms with van der Waals surface area (Å²) in [5.41, 5.74) is 1.92. The zero-order valence-electron chi connectivity index (χ0n) is 9.82. The predicted molar refractivity (Wildman–Crippen MR) is 73.9 cm³/mol. The first kappa shape index (κ1) is 12.9. The molecule has 94 valence electrons. The van der Waals surface area contributed by atoms with Crippen LogP contribution in [0.3, 0.4) is 0 Å². The van der Waals surface area contributed by atoms with E-state index in [1.54, 1.807) is 4.31 Å². The lowest BCUT2D eigenvalue weighted by molar-refractivity contribution is 0.574. The first-order chi connectivity index (χ1) is 8.04. The first-order valence-electron chi connectivity index (χ1n) is 5.83. The van der Waals surface area contributed by atoms with Crippen LogP contribution in [-0.2, 0) is 16.4 Å². The van der Waals surface area contributed by atoms with Crippen LogP contribution in [-0.4, -0.2) is 20.7 Å². The van der Waals surface area contributed by atoms with Gasteiger partial charge in [-0.1, -0.05) is 22.9 Å². The number of hydrogen-bond acceptors (Lipinski definition) is 2. The van der Waals surface area contributed by atoms with Crippen LogP contribution in [0.4, 0.5) is 5.69 Å². The van der Waals surface area contributed by atoms with Gasteiger partial charge in [0, 0.05) is 11.0 Å². The molecule has 1 aromatic carbocycles. The van der Waals surface area contributed by atoms with E-state index in [9.17, 15) is 8.42 Å². The molecule has 0 bridgehead atoms. The third kappa shape index (κ3) is 2.65. The molecule has 0 saturated carbocycles. The molecule has 3 nitrogen and oxygen atoms in total. The van der Waals surface area contributed by atoms with Crippen molar-refractivity contribution in [3.63, 3.8) is 0 Å². The Morgan fingerprint density at radius 1 is 1.35 bits per heavy atom. The Hall–Kier alpha value is -0.550. The fraction of sp³-hybridized carbons (Fsp3) is 0.500. The molecule has 1 saturated heterocycles. The summed E-state index contributed by atoms with van der Waals surface area (Å²) in [7, 11) is -3.10. The summed E-state index contributed by atoms with van der Waals surface area (Å²) in [6.45, 7) is 2.65. The molecule has 0 aliphatic carbocycles. The van der Waals surface area contributed by atoms with E-state index >= 15 is 0 Å². The highest BCUT2D eigenvalue weighted by Crippen LogP contribution is 2.29. The lowest BCUT2D eigenvalue weighted by Crippen LogP contribution is -2.38. The Bertz CT molecular complexity index is 513. The van der Waals surface area contributed by atoms with Gasteiger partial charge in [0.25, 0.3) is 0 Å². The molecular weight excluding hydrogens is 302 g/mol. The predicted octanol–water partition coefficient (Wildman–Crippen LogP) is 2.94. The molecule has 1 aromatic rings. The van der Waals surface area contributed by atoms with Gasteiger partial charge in [0.15, 0.2) is 0 Å². The molecule has 0 atom stereocenters. The third-order valence-electron chi connectivity index (χ3n) is 3.04. The molecule has 0 aromatic heterocycles. The summed E-state index contributed by atoms with van der Waals surface area (Å²) in [5, 5.41) is 0. The summed E-state index contributed by atoms with van der Waals surface area (Å²) in [4.78, 5) is 0. The molecule has 0 unspecified atom stereocenters. The Kier molecular flexibility index (Phi) is 3.78. The van der Waals surface area contributed by atoms with Crippen LogP contribution < -0.4 is 4.31 Å². The summed E-state index contributed by atoms with van der Waals surface area (Å²) in [6, 6.07) is 5.80. The summed E-state index contributed by atoms with van der Waals surface area (Å²) in [6.07, 6.45) is 2.55. The maximum Gasteiger partial charge on any atom is 0.235 e.